The van der Waals surface area contributed by atoms with Crippen molar-refractivity contribution in [2.75, 3.05) is 22.9 Å². The third-order valence-electron chi connectivity index (χ3n) is 5.98. The van der Waals surface area contributed by atoms with Crippen molar-refractivity contribution in [1.29, 1.82) is 0 Å². The van der Waals surface area contributed by atoms with Gasteiger partial charge in [-0.3, -0.25) is 0 Å². The molecule has 0 aliphatic heterocycles. The minimum Gasteiger partial charge on any atom is -0.389 e. The van der Waals surface area contributed by atoms with Crippen LogP contribution in [0.15, 0.2) is 86.4 Å². The summed E-state index contributed by atoms with van der Waals surface area (Å²) in [6.07, 6.45) is 7.75. The van der Waals surface area contributed by atoms with E-state index >= 15 is 4.39 Å². The van der Waals surface area contributed by atoms with Crippen LogP contribution in [0, 0.1) is 5.82 Å². The van der Waals surface area contributed by atoms with Crippen LogP contribution in [0.25, 0.3) is 5.70 Å². The fraction of sp³-hybridized carbons (Fsp3) is 0.241. The third-order valence-corrected chi connectivity index (χ3v) is 5.98. The second-order valence-electron chi connectivity index (χ2n) is 8.99. The molecule has 2 unspecified atom stereocenters. The zero-order valence-electron chi connectivity index (χ0n) is 21.3. The van der Waals surface area contributed by atoms with Gasteiger partial charge in [0.05, 0.1) is 6.04 Å². The molecule has 194 valence electrons. The van der Waals surface area contributed by atoms with Crippen molar-refractivity contribution in [3.8, 4) is 0 Å². The SMILES string of the molecule is C=CNCC(CCCC(=C)C)Nc1ccnc(N)c1C(N)c1ccc(C(=C)Nc2ccccn2)cc1F. The van der Waals surface area contributed by atoms with Crippen molar-refractivity contribution in [2.45, 2.75) is 38.3 Å². The Morgan fingerprint density at radius 3 is 2.62 bits per heavy atom. The molecule has 0 aliphatic rings. The van der Waals surface area contributed by atoms with Gasteiger partial charge in [0.1, 0.15) is 17.5 Å². The molecule has 0 saturated carbocycles. The highest BCUT2D eigenvalue weighted by molar-refractivity contribution is 5.74. The number of halogens is 1. The highest BCUT2D eigenvalue weighted by atomic mass is 19.1. The number of hydrogen-bond donors (Lipinski definition) is 5. The first kappa shape index (κ1) is 27.4. The molecule has 7 nitrogen and oxygen atoms in total. The summed E-state index contributed by atoms with van der Waals surface area (Å²) in [6, 6.07) is 11.4. The van der Waals surface area contributed by atoms with Crippen molar-refractivity contribution in [3.63, 3.8) is 0 Å². The highest BCUT2D eigenvalue weighted by Crippen LogP contribution is 2.33. The predicted octanol–water partition coefficient (Wildman–Crippen LogP) is 5.59. The lowest BCUT2D eigenvalue weighted by Crippen LogP contribution is -2.31. The summed E-state index contributed by atoms with van der Waals surface area (Å²) >= 11 is 0. The van der Waals surface area contributed by atoms with Crippen LogP contribution >= 0.6 is 0 Å². The van der Waals surface area contributed by atoms with E-state index in [-0.39, 0.29) is 11.9 Å². The summed E-state index contributed by atoms with van der Waals surface area (Å²) in [7, 11) is 0. The minimum absolute atomic E-state index is 0.0679. The minimum atomic E-state index is -0.828. The van der Waals surface area contributed by atoms with Gasteiger partial charge in [-0.1, -0.05) is 36.9 Å². The van der Waals surface area contributed by atoms with Crippen LogP contribution in [-0.4, -0.2) is 22.6 Å². The summed E-state index contributed by atoms with van der Waals surface area (Å²) in [5, 5.41) is 9.78. The summed E-state index contributed by atoms with van der Waals surface area (Å²) in [5.74, 6) is 0.408. The Balaban J connectivity index is 1.83. The molecular formula is C29H36FN7. The molecule has 1 aromatic carbocycles. The van der Waals surface area contributed by atoms with Crippen molar-refractivity contribution < 1.29 is 4.39 Å². The van der Waals surface area contributed by atoms with Gasteiger partial charge in [-0.15, -0.1) is 6.58 Å². The zero-order valence-corrected chi connectivity index (χ0v) is 21.3. The second kappa shape index (κ2) is 13.2. The topological polar surface area (TPSA) is 114 Å². The number of pyridine rings is 2. The van der Waals surface area contributed by atoms with Crippen molar-refractivity contribution in [3.05, 3.63) is 109 Å². The average Bonchev–Trinajstić information content (AvgIpc) is 2.87. The van der Waals surface area contributed by atoms with E-state index in [1.807, 2.05) is 31.2 Å². The lowest BCUT2D eigenvalue weighted by molar-refractivity contribution is 0.588. The Bertz CT molecular complexity index is 1230. The Kier molecular flexibility index (Phi) is 9.80. The molecule has 2 aromatic heterocycles. The Labute approximate surface area is 218 Å². The van der Waals surface area contributed by atoms with Gasteiger partial charge in [0.25, 0.3) is 0 Å². The number of nitrogens with two attached hydrogens (primary N) is 2. The van der Waals surface area contributed by atoms with Gasteiger partial charge in [0.2, 0.25) is 0 Å². The fourth-order valence-electron chi connectivity index (χ4n) is 4.05. The van der Waals surface area contributed by atoms with E-state index < -0.39 is 11.9 Å². The molecule has 3 rings (SSSR count). The highest BCUT2D eigenvalue weighted by Gasteiger charge is 2.22. The maximum atomic E-state index is 15.3. The standard InChI is InChI=1S/C29H36FN7/c1-5-33-18-22(10-8-9-19(2)3)37-25-14-16-35-29(32)27(25)28(31)23-13-12-21(17-24(23)30)20(4)36-26-11-6-7-15-34-26/h5-7,11-17,22,28,33H,1-2,4,8-10,18,31H2,3H3,(H,34,36)(H3,32,35,37). The van der Waals surface area contributed by atoms with Crippen molar-refractivity contribution >= 4 is 23.0 Å². The summed E-state index contributed by atoms with van der Waals surface area (Å²) in [4.78, 5) is 8.44. The second-order valence-corrected chi connectivity index (χ2v) is 8.99. The van der Waals surface area contributed by atoms with E-state index in [2.05, 4.69) is 45.7 Å². The molecule has 3 aromatic rings. The number of benzene rings is 1. The molecule has 2 atom stereocenters. The van der Waals surface area contributed by atoms with Crippen LogP contribution in [0.4, 0.5) is 21.7 Å². The van der Waals surface area contributed by atoms with Crippen LogP contribution in [0.5, 0.6) is 0 Å². The Hall–Kier alpha value is -4.17. The molecule has 0 saturated heterocycles. The van der Waals surface area contributed by atoms with Gasteiger partial charge in [-0.25, -0.2) is 14.4 Å². The lowest BCUT2D eigenvalue weighted by atomic mass is 9.96. The quantitative estimate of drug-likeness (QED) is 0.183. The van der Waals surface area contributed by atoms with Gasteiger partial charge < -0.3 is 27.4 Å². The van der Waals surface area contributed by atoms with E-state index in [1.54, 1.807) is 30.7 Å². The molecule has 8 heteroatoms. The summed E-state index contributed by atoms with van der Waals surface area (Å²) in [5.41, 5.74) is 16.7. The van der Waals surface area contributed by atoms with Crippen LogP contribution < -0.4 is 27.4 Å². The number of anilines is 3. The zero-order chi connectivity index (χ0) is 26.8. The molecule has 0 spiro atoms. The van der Waals surface area contributed by atoms with Crippen molar-refractivity contribution in [1.82, 2.24) is 15.3 Å². The summed E-state index contributed by atoms with van der Waals surface area (Å²) in [6.45, 7) is 14.4. The number of nitrogens with one attached hydrogen (secondary N) is 3. The van der Waals surface area contributed by atoms with Gasteiger partial charge in [0.15, 0.2) is 0 Å². The molecule has 2 heterocycles. The molecule has 7 N–H and O–H groups in total. The largest absolute Gasteiger partial charge is 0.389 e. The van der Waals surface area contributed by atoms with Gasteiger partial charge >= 0.3 is 0 Å². The maximum Gasteiger partial charge on any atom is 0.130 e. The number of nitrogens with zero attached hydrogens (tertiary/aromatic N) is 2. The molecular weight excluding hydrogens is 465 g/mol. The predicted molar refractivity (Wildman–Crippen MR) is 152 cm³/mol. The number of rotatable bonds is 14. The molecule has 0 amide bonds. The van der Waals surface area contributed by atoms with Crippen molar-refractivity contribution in [2.24, 2.45) is 5.73 Å². The molecule has 0 aliphatic carbocycles. The maximum absolute atomic E-state index is 15.3. The van der Waals surface area contributed by atoms with E-state index in [1.165, 1.54) is 6.07 Å². The van der Waals surface area contributed by atoms with Crippen LogP contribution in [0.2, 0.25) is 0 Å². The smallest absolute Gasteiger partial charge is 0.130 e. The van der Waals surface area contributed by atoms with E-state index in [9.17, 15) is 0 Å². The number of nitrogen functional groups attached to an aromatic ring is 1. The van der Waals surface area contributed by atoms with E-state index in [0.29, 0.717) is 34.8 Å². The Morgan fingerprint density at radius 2 is 1.95 bits per heavy atom. The first-order valence-electron chi connectivity index (χ1n) is 12.2. The van der Waals surface area contributed by atoms with Gasteiger partial charge in [-0.2, -0.15) is 0 Å². The van der Waals surface area contributed by atoms with Crippen LogP contribution in [0.3, 0.4) is 0 Å². The first-order valence-corrected chi connectivity index (χ1v) is 12.2. The number of aromatic nitrogens is 2. The Morgan fingerprint density at radius 1 is 1.14 bits per heavy atom. The van der Waals surface area contributed by atoms with Crippen LogP contribution in [0.1, 0.15) is 48.9 Å². The lowest BCUT2D eigenvalue weighted by Gasteiger charge is -2.25. The molecule has 0 radical (unpaired) electrons. The first-order chi connectivity index (χ1) is 17.8. The van der Waals surface area contributed by atoms with Crippen LogP contribution in [-0.2, 0) is 0 Å². The fourth-order valence-corrected chi connectivity index (χ4v) is 4.05. The summed E-state index contributed by atoms with van der Waals surface area (Å²) < 4.78 is 15.3. The number of allylic oxidation sites excluding steroid dienone is 1. The van der Waals surface area contributed by atoms with Gasteiger partial charge in [-0.05, 0) is 56.7 Å². The average molecular weight is 502 g/mol. The van der Waals surface area contributed by atoms with E-state index in [0.717, 1.165) is 30.5 Å². The van der Waals surface area contributed by atoms with E-state index in [4.69, 9.17) is 11.5 Å². The molecule has 0 fully saturated rings. The normalized spacial score (nSPS) is 12.3. The monoisotopic (exact) mass is 501 g/mol. The number of hydrogen-bond acceptors (Lipinski definition) is 7. The van der Waals surface area contributed by atoms with Gasteiger partial charge in [0, 0.05) is 53.1 Å². The molecule has 37 heavy (non-hydrogen) atoms. The third kappa shape index (κ3) is 7.65. The molecule has 0 bridgehead atoms.